The standard InChI is InChI=1S/C9H12.C2H5N.C2H6/c1-3-9-6-4-5-8(2)7-9;1-2-3;1-2/h4-7H,3H2,1-2H3;2H,1,3H2;1-2H3. The van der Waals surface area contributed by atoms with Crippen LogP contribution in [0.5, 0.6) is 0 Å². The first-order chi connectivity index (χ1) is 6.74. The van der Waals surface area contributed by atoms with E-state index in [9.17, 15) is 0 Å². The Morgan fingerprint density at radius 2 is 1.86 bits per heavy atom. The fraction of sp³-hybridized carbons (Fsp3) is 0.385. The Morgan fingerprint density at radius 3 is 2.14 bits per heavy atom. The zero-order chi connectivity index (χ0) is 11.4. The normalized spacial score (nSPS) is 7.43. The van der Waals surface area contributed by atoms with E-state index in [2.05, 4.69) is 50.4 Å². The van der Waals surface area contributed by atoms with Crippen LogP contribution in [0.2, 0.25) is 0 Å². The molecule has 0 aliphatic carbocycles. The Balaban J connectivity index is 0. The zero-order valence-electron chi connectivity index (χ0n) is 9.88. The summed E-state index contributed by atoms with van der Waals surface area (Å²) in [5.74, 6) is 0. The number of aryl methyl sites for hydroxylation is 2. The summed E-state index contributed by atoms with van der Waals surface area (Å²) in [6.07, 6.45) is 2.39. The number of hydrogen-bond donors (Lipinski definition) is 1. The molecule has 0 heterocycles. The molecular formula is C13H23N. The summed E-state index contributed by atoms with van der Waals surface area (Å²) in [5, 5.41) is 0. The van der Waals surface area contributed by atoms with Gasteiger partial charge in [-0.1, -0.05) is 57.2 Å². The molecule has 0 amide bonds. The topological polar surface area (TPSA) is 26.0 Å². The molecule has 0 aromatic heterocycles. The molecule has 1 aromatic rings. The predicted molar refractivity (Wildman–Crippen MR) is 66.3 cm³/mol. The van der Waals surface area contributed by atoms with Gasteiger partial charge in [0.2, 0.25) is 0 Å². The first-order valence-electron chi connectivity index (χ1n) is 5.12. The summed E-state index contributed by atoms with van der Waals surface area (Å²) in [7, 11) is 0. The molecule has 80 valence electrons. The summed E-state index contributed by atoms with van der Waals surface area (Å²) in [5.41, 5.74) is 7.39. The van der Waals surface area contributed by atoms with Gasteiger partial charge in [-0.25, -0.2) is 0 Å². The number of nitrogens with two attached hydrogens (primary N) is 1. The first kappa shape index (κ1) is 15.2. The summed E-state index contributed by atoms with van der Waals surface area (Å²) in [6, 6.07) is 8.61. The molecule has 0 bridgehead atoms. The van der Waals surface area contributed by atoms with Gasteiger partial charge in [-0.15, -0.1) is 0 Å². The Labute approximate surface area is 88.6 Å². The van der Waals surface area contributed by atoms with Crippen molar-refractivity contribution in [3.63, 3.8) is 0 Å². The monoisotopic (exact) mass is 193 g/mol. The molecule has 0 saturated carbocycles. The molecule has 0 aliphatic heterocycles. The highest BCUT2D eigenvalue weighted by atomic mass is 14.5. The second-order valence-electron chi connectivity index (χ2n) is 2.58. The van der Waals surface area contributed by atoms with Gasteiger partial charge in [-0.2, -0.15) is 0 Å². The lowest BCUT2D eigenvalue weighted by Gasteiger charge is -1.95. The van der Waals surface area contributed by atoms with E-state index in [1.54, 1.807) is 0 Å². The molecule has 1 nitrogen and oxygen atoms in total. The summed E-state index contributed by atoms with van der Waals surface area (Å²) in [6.45, 7) is 11.4. The van der Waals surface area contributed by atoms with E-state index in [4.69, 9.17) is 0 Å². The van der Waals surface area contributed by atoms with Crippen molar-refractivity contribution >= 4 is 0 Å². The smallest absolute Gasteiger partial charge is 0.0136 e. The van der Waals surface area contributed by atoms with Crippen LogP contribution in [0.25, 0.3) is 0 Å². The Hall–Kier alpha value is -1.24. The molecule has 0 fully saturated rings. The largest absolute Gasteiger partial charge is 0.405 e. The summed E-state index contributed by atoms with van der Waals surface area (Å²) >= 11 is 0. The van der Waals surface area contributed by atoms with Crippen LogP contribution < -0.4 is 5.73 Å². The van der Waals surface area contributed by atoms with Gasteiger partial charge < -0.3 is 5.73 Å². The van der Waals surface area contributed by atoms with Crippen LogP contribution in [0.4, 0.5) is 0 Å². The maximum atomic E-state index is 4.61. The average Bonchev–Trinajstić information content (AvgIpc) is 2.22. The van der Waals surface area contributed by atoms with Gasteiger partial charge in [0.1, 0.15) is 0 Å². The van der Waals surface area contributed by atoms with Crippen LogP contribution in [0.3, 0.4) is 0 Å². The van der Waals surface area contributed by atoms with Crippen molar-refractivity contribution in [1.29, 1.82) is 0 Å². The molecule has 2 N–H and O–H groups in total. The van der Waals surface area contributed by atoms with Crippen molar-refractivity contribution in [1.82, 2.24) is 0 Å². The molecule has 0 atom stereocenters. The average molecular weight is 193 g/mol. The Bertz CT molecular complexity index is 228. The van der Waals surface area contributed by atoms with Crippen LogP contribution in [0.15, 0.2) is 37.0 Å². The van der Waals surface area contributed by atoms with Gasteiger partial charge in [-0.05, 0) is 25.1 Å². The number of hydrogen-bond acceptors (Lipinski definition) is 1. The molecule has 1 aromatic carbocycles. The highest BCUT2D eigenvalue weighted by Crippen LogP contribution is 2.03. The lowest BCUT2D eigenvalue weighted by atomic mass is 10.1. The van der Waals surface area contributed by atoms with E-state index in [1.807, 2.05) is 13.8 Å². The highest BCUT2D eigenvalue weighted by molar-refractivity contribution is 5.21. The van der Waals surface area contributed by atoms with Gasteiger partial charge in [-0.3, -0.25) is 0 Å². The minimum atomic E-state index is 1.14. The van der Waals surface area contributed by atoms with Crippen LogP contribution >= 0.6 is 0 Å². The van der Waals surface area contributed by atoms with Gasteiger partial charge in [0.25, 0.3) is 0 Å². The minimum Gasteiger partial charge on any atom is -0.405 e. The quantitative estimate of drug-likeness (QED) is 0.723. The van der Waals surface area contributed by atoms with Crippen LogP contribution in [0.1, 0.15) is 31.9 Å². The zero-order valence-corrected chi connectivity index (χ0v) is 9.88. The van der Waals surface area contributed by atoms with Crippen LogP contribution in [-0.2, 0) is 6.42 Å². The molecule has 0 spiro atoms. The maximum Gasteiger partial charge on any atom is -0.0136 e. The van der Waals surface area contributed by atoms with Gasteiger partial charge in [0, 0.05) is 0 Å². The van der Waals surface area contributed by atoms with E-state index in [0.29, 0.717) is 0 Å². The predicted octanol–water partition coefficient (Wildman–Crippen LogP) is 3.67. The van der Waals surface area contributed by atoms with Gasteiger partial charge >= 0.3 is 0 Å². The molecule has 0 aliphatic rings. The fourth-order valence-corrected chi connectivity index (χ4v) is 0.932. The number of benzene rings is 1. The second-order valence-corrected chi connectivity index (χ2v) is 2.58. The van der Waals surface area contributed by atoms with E-state index in [1.165, 1.54) is 17.3 Å². The summed E-state index contributed by atoms with van der Waals surface area (Å²) in [4.78, 5) is 0. The Kier molecular flexibility index (Phi) is 12.8. The number of rotatable bonds is 1. The minimum absolute atomic E-state index is 1.14. The van der Waals surface area contributed by atoms with Crippen molar-refractivity contribution < 1.29 is 0 Å². The third kappa shape index (κ3) is 8.85. The lowest BCUT2D eigenvalue weighted by molar-refractivity contribution is 1.13. The van der Waals surface area contributed by atoms with E-state index in [0.717, 1.165) is 6.42 Å². The molecule has 14 heavy (non-hydrogen) atoms. The first-order valence-corrected chi connectivity index (χ1v) is 5.12. The van der Waals surface area contributed by atoms with E-state index < -0.39 is 0 Å². The highest BCUT2D eigenvalue weighted by Gasteiger charge is 1.85. The molecule has 0 unspecified atom stereocenters. The molecular weight excluding hydrogens is 170 g/mol. The molecule has 0 radical (unpaired) electrons. The van der Waals surface area contributed by atoms with Crippen molar-refractivity contribution in [3.05, 3.63) is 48.2 Å². The van der Waals surface area contributed by atoms with Gasteiger partial charge in [0.15, 0.2) is 0 Å². The third-order valence-electron chi connectivity index (χ3n) is 1.49. The Morgan fingerprint density at radius 1 is 1.36 bits per heavy atom. The van der Waals surface area contributed by atoms with E-state index >= 15 is 0 Å². The molecule has 1 heteroatoms. The van der Waals surface area contributed by atoms with Crippen molar-refractivity contribution in [3.8, 4) is 0 Å². The van der Waals surface area contributed by atoms with Crippen molar-refractivity contribution in [2.45, 2.75) is 34.1 Å². The second kappa shape index (κ2) is 11.8. The molecule has 0 saturated heterocycles. The fourth-order valence-electron chi connectivity index (χ4n) is 0.932. The van der Waals surface area contributed by atoms with Crippen molar-refractivity contribution in [2.75, 3.05) is 0 Å². The van der Waals surface area contributed by atoms with Crippen LogP contribution in [-0.4, -0.2) is 0 Å². The van der Waals surface area contributed by atoms with Crippen LogP contribution in [0, 0.1) is 6.92 Å². The van der Waals surface area contributed by atoms with E-state index in [-0.39, 0.29) is 0 Å². The SMILES string of the molecule is C=CN.CC.CCc1cccc(C)c1. The maximum absolute atomic E-state index is 4.61. The van der Waals surface area contributed by atoms with Gasteiger partial charge in [0.05, 0.1) is 0 Å². The summed E-state index contributed by atoms with van der Waals surface area (Å²) < 4.78 is 0. The third-order valence-corrected chi connectivity index (χ3v) is 1.49. The molecule has 1 rings (SSSR count). The van der Waals surface area contributed by atoms with Crippen molar-refractivity contribution in [2.24, 2.45) is 5.73 Å². The lowest BCUT2D eigenvalue weighted by Crippen LogP contribution is -1.78.